The highest BCUT2D eigenvalue weighted by Gasteiger charge is 2.55. The lowest BCUT2D eigenvalue weighted by Crippen LogP contribution is -2.51. The Kier molecular flexibility index (Phi) is 6.84. The van der Waals surface area contributed by atoms with Crippen LogP contribution in [0.15, 0.2) is 0 Å². The number of hydrogen-bond acceptors (Lipinski definition) is 3. The maximum Gasteiger partial charge on any atom is 0.259 e. The quantitative estimate of drug-likeness (QED) is 0.427. The molecule has 5 fully saturated rings. The minimum atomic E-state index is -0.944. The molecule has 0 aromatic rings. The summed E-state index contributed by atoms with van der Waals surface area (Å²) in [4.78, 5) is 0. The lowest BCUT2D eigenvalue weighted by molar-refractivity contribution is -0.0856. The minimum Gasteiger partial charge on any atom is -0.318 e. The molecule has 4 heteroatoms. The first-order valence-electron chi connectivity index (χ1n) is 13.5. The Morgan fingerprint density at radius 3 is 1.47 bits per heavy atom. The standard InChI is InChI=1S/C26H46NO2P/c1-17(2)27(18(3)4)30-28-23-15-13-19-9-5-7-11-21(19)25(23)26-22-12-8-6-10-20(22)14-16-24(26)29-30/h17-26H,5-16H2,1-4H3. The summed E-state index contributed by atoms with van der Waals surface area (Å²) < 4.78 is 16.7. The molecule has 172 valence electrons. The number of rotatable bonds is 3. The van der Waals surface area contributed by atoms with Gasteiger partial charge in [-0.15, -0.1) is 0 Å². The average molecular weight is 436 g/mol. The summed E-state index contributed by atoms with van der Waals surface area (Å²) in [5.74, 6) is 5.32. The molecule has 8 atom stereocenters. The van der Waals surface area contributed by atoms with E-state index in [9.17, 15) is 0 Å². The van der Waals surface area contributed by atoms with Gasteiger partial charge in [-0.1, -0.05) is 38.5 Å². The molecule has 8 unspecified atom stereocenters. The molecule has 0 N–H and O–H groups in total. The van der Waals surface area contributed by atoms with E-state index in [1.807, 2.05) is 0 Å². The molecule has 30 heavy (non-hydrogen) atoms. The zero-order valence-electron chi connectivity index (χ0n) is 20.0. The van der Waals surface area contributed by atoms with Crippen LogP contribution in [0.1, 0.15) is 105 Å². The largest absolute Gasteiger partial charge is 0.318 e. The molecule has 5 aliphatic rings. The van der Waals surface area contributed by atoms with E-state index in [1.165, 1.54) is 77.0 Å². The van der Waals surface area contributed by atoms with Gasteiger partial charge in [0.2, 0.25) is 0 Å². The molecule has 0 radical (unpaired) electrons. The van der Waals surface area contributed by atoms with Gasteiger partial charge in [0, 0.05) is 12.1 Å². The van der Waals surface area contributed by atoms with Gasteiger partial charge in [0.15, 0.2) is 0 Å². The molecule has 3 nitrogen and oxygen atoms in total. The molecule has 0 aromatic heterocycles. The van der Waals surface area contributed by atoms with Gasteiger partial charge in [0.25, 0.3) is 8.53 Å². The summed E-state index contributed by atoms with van der Waals surface area (Å²) in [7, 11) is -0.944. The van der Waals surface area contributed by atoms with Crippen LogP contribution in [0.3, 0.4) is 0 Å². The highest BCUT2D eigenvalue weighted by atomic mass is 31.2. The Morgan fingerprint density at radius 2 is 1.03 bits per heavy atom. The van der Waals surface area contributed by atoms with Gasteiger partial charge in [-0.2, -0.15) is 0 Å². The predicted octanol–water partition coefficient (Wildman–Crippen LogP) is 7.55. The molecule has 0 spiro atoms. The average Bonchev–Trinajstić information content (AvgIpc) is 2.90. The Bertz CT molecular complexity index is 535. The van der Waals surface area contributed by atoms with E-state index in [4.69, 9.17) is 9.05 Å². The van der Waals surface area contributed by atoms with Crippen LogP contribution in [0.25, 0.3) is 0 Å². The summed E-state index contributed by atoms with van der Waals surface area (Å²) in [5, 5.41) is 0. The van der Waals surface area contributed by atoms with Crippen molar-refractivity contribution in [1.29, 1.82) is 0 Å². The van der Waals surface area contributed by atoms with E-state index in [-0.39, 0.29) is 0 Å². The second kappa shape index (κ2) is 9.28. The van der Waals surface area contributed by atoms with E-state index in [2.05, 4.69) is 32.4 Å². The lowest BCUT2D eigenvalue weighted by Gasteiger charge is -2.53. The molecule has 4 aliphatic carbocycles. The van der Waals surface area contributed by atoms with Gasteiger partial charge >= 0.3 is 0 Å². The maximum absolute atomic E-state index is 7.09. The highest BCUT2D eigenvalue weighted by molar-refractivity contribution is 7.44. The van der Waals surface area contributed by atoms with Crippen molar-refractivity contribution in [2.45, 2.75) is 129 Å². The van der Waals surface area contributed by atoms with Crippen LogP contribution in [0, 0.1) is 35.5 Å². The van der Waals surface area contributed by atoms with Gasteiger partial charge in [-0.05, 0) is 102 Å². The molecule has 1 aliphatic heterocycles. The van der Waals surface area contributed by atoms with Crippen molar-refractivity contribution >= 4 is 8.53 Å². The monoisotopic (exact) mass is 435 g/mol. The zero-order chi connectivity index (χ0) is 20.8. The van der Waals surface area contributed by atoms with Crippen LogP contribution in [0.2, 0.25) is 0 Å². The fourth-order valence-corrected chi connectivity index (χ4v) is 10.5. The van der Waals surface area contributed by atoms with Crippen LogP contribution in [0.5, 0.6) is 0 Å². The minimum absolute atomic E-state index is 0.450. The molecule has 0 bridgehead atoms. The summed E-state index contributed by atoms with van der Waals surface area (Å²) in [6.45, 7) is 9.30. The second-order valence-corrected chi connectivity index (χ2v) is 13.2. The van der Waals surface area contributed by atoms with Crippen molar-refractivity contribution < 1.29 is 9.05 Å². The Morgan fingerprint density at radius 1 is 0.600 bits per heavy atom. The Balaban J connectivity index is 1.50. The van der Waals surface area contributed by atoms with E-state index >= 15 is 0 Å². The van der Waals surface area contributed by atoms with Gasteiger partial charge < -0.3 is 9.05 Å². The molecule has 0 aromatic carbocycles. The molecule has 0 amide bonds. The number of nitrogens with zero attached hydrogens (tertiary/aromatic N) is 1. The van der Waals surface area contributed by atoms with Crippen molar-refractivity contribution in [3.05, 3.63) is 0 Å². The molecule has 1 heterocycles. The third-order valence-electron chi connectivity index (χ3n) is 9.57. The third kappa shape index (κ3) is 4.04. The summed E-state index contributed by atoms with van der Waals surface area (Å²) in [6, 6.07) is 0.950. The SMILES string of the molecule is CC(C)N(C(C)C)P1OC2CCC3CCCCC3C2C2C(CCC3CCCCC32)O1. The van der Waals surface area contributed by atoms with E-state index in [0.717, 1.165) is 35.5 Å². The van der Waals surface area contributed by atoms with E-state index < -0.39 is 8.53 Å². The Labute approximate surface area is 187 Å². The lowest BCUT2D eigenvalue weighted by atomic mass is 9.53. The van der Waals surface area contributed by atoms with E-state index in [1.54, 1.807) is 0 Å². The van der Waals surface area contributed by atoms with Crippen molar-refractivity contribution in [2.24, 2.45) is 35.5 Å². The molecular formula is C26H46NO2P. The van der Waals surface area contributed by atoms with Crippen LogP contribution in [-0.2, 0) is 9.05 Å². The maximum atomic E-state index is 7.09. The first-order chi connectivity index (χ1) is 14.5. The smallest absolute Gasteiger partial charge is 0.259 e. The van der Waals surface area contributed by atoms with Crippen molar-refractivity contribution in [2.75, 3.05) is 0 Å². The first kappa shape index (κ1) is 22.1. The molecule has 1 saturated heterocycles. The first-order valence-corrected chi connectivity index (χ1v) is 14.6. The summed E-state index contributed by atoms with van der Waals surface area (Å²) in [5.41, 5.74) is 0. The molecular weight excluding hydrogens is 389 g/mol. The number of hydrogen-bond donors (Lipinski definition) is 0. The van der Waals surface area contributed by atoms with Gasteiger partial charge in [-0.3, -0.25) is 0 Å². The van der Waals surface area contributed by atoms with Crippen LogP contribution >= 0.6 is 8.53 Å². The molecule has 5 rings (SSSR count). The second-order valence-electron chi connectivity index (χ2n) is 11.8. The third-order valence-corrected chi connectivity index (χ3v) is 11.8. The van der Waals surface area contributed by atoms with Gasteiger partial charge in [0.05, 0.1) is 12.2 Å². The zero-order valence-corrected chi connectivity index (χ0v) is 20.9. The van der Waals surface area contributed by atoms with Crippen molar-refractivity contribution in [1.82, 2.24) is 4.67 Å². The fourth-order valence-electron chi connectivity index (χ4n) is 8.55. The summed E-state index contributed by atoms with van der Waals surface area (Å²) in [6.07, 6.45) is 18.0. The Hall–Kier alpha value is 0.310. The van der Waals surface area contributed by atoms with Crippen molar-refractivity contribution in [3.8, 4) is 0 Å². The summed E-state index contributed by atoms with van der Waals surface area (Å²) >= 11 is 0. The van der Waals surface area contributed by atoms with Crippen molar-refractivity contribution in [3.63, 3.8) is 0 Å². The van der Waals surface area contributed by atoms with E-state index in [0.29, 0.717) is 24.3 Å². The van der Waals surface area contributed by atoms with Gasteiger partial charge in [0.1, 0.15) is 0 Å². The normalized spacial score (nSPS) is 46.7. The molecule has 4 saturated carbocycles. The van der Waals surface area contributed by atoms with Gasteiger partial charge in [-0.25, -0.2) is 4.67 Å². The predicted molar refractivity (Wildman–Crippen MR) is 125 cm³/mol. The number of fused-ring (bicyclic) bond motifs is 7. The fraction of sp³-hybridized carbons (Fsp3) is 1.00. The van der Waals surface area contributed by atoms with Crippen LogP contribution < -0.4 is 0 Å². The van der Waals surface area contributed by atoms with Crippen LogP contribution in [-0.4, -0.2) is 29.0 Å². The topological polar surface area (TPSA) is 21.7 Å². The highest BCUT2D eigenvalue weighted by Crippen LogP contribution is 2.63. The van der Waals surface area contributed by atoms with Crippen LogP contribution in [0.4, 0.5) is 0 Å².